The van der Waals surface area contributed by atoms with Crippen molar-refractivity contribution in [3.8, 4) is 5.69 Å². The summed E-state index contributed by atoms with van der Waals surface area (Å²) >= 11 is 14.9. The molecule has 9 heteroatoms. The maximum atomic E-state index is 13.4. The fourth-order valence-electron chi connectivity index (χ4n) is 3.08. The molecule has 0 radical (unpaired) electrons. The van der Waals surface area contributed by atoms with Crippen molar-refractivity contribution in [2.45, 2.75) is 0 Å². The summed E-state index contributed by atoms with van der Waals surface area (Å²) in [4.78, 5) is 28.5. The standard InChI is InChI=1S/C22H12Cl2IN3O3/c23-17-2-1-3-18(24)21(17)27-20(11-6-13-4-8-15(9-5-13)28(30)31)26-19-10-7-14(25)12-16(19)22(27)29/h1-12H. The van der Waals surface area contributed by atoms with Crippen LogP contribution in [0, 0.1) is 13.7 Å². The second kappa shape index (κ2) is 8.78. The minimum Gasteiger partial charge on any atom is -0.268 e. The van der Waals surface area contributed by atoms with Crippen LogP contribution in [0.25, 0.3) is 28.7 Å². The van der Waals surface area contributed by atoms with Crippen molar-refractivity contribution in [2.24, 2.45) is 0 Å². The molecule has 31 heavy (non-hydrogen) atoms. The van der Waals surface area contributed by atoms with Gasteiger partial charge in [-0.2, -0.15) is 0 Å². The first-order valence-electron chi connectivity index (χ1n) is 8.94. The third kappa shape index (κ3) is 4.34. The van der Waals surface area contributed by atoms with E-state index < -0.39 is 4.92 Å². The fourth-order valence-corrected chi connectivity index (χ4v) is 4.14. The molecule has 3 aromatic carbocycles. The third-order valence-electron chi connectivity index (χ3n) is 4.55. The second-order valence-corrected chi connectivity index (χ2v) is 8.58. The zero-order valence-corrected chi connectivity index (χ0v) is 19.3. The van der Waals surface area contributed by atoms with E-state index in [0.29, 0.717) is 38.0 Å². The number of rotatable bonds is 4. The molecule has 1 aromatic heterocycles. The molecule has 0 amide bonds. The van der Waals surface area contributed by atoms with Gasteiger partial charge < -0.3 is 0 Å². The molecule has 4 aromatic rings. The maximum absolute atomic E-state index is 13.4. The molecule has 0 saturated heterocycles. The molecule has 6 nitrogen and oxygen atoms in total. The number of para-hydroxylation sites is 1. The van der Waals surface area contributed by atoms with Crippen molar-refractivity contribution in [2.75, 3.05) is 0 Å². The number of benzene rings is 3. The summed E-state index contributed by atoms with van der Waals surface area (Å²) in [5.74, 6) is 0.326. The van der Waals surface area contributed by atoms with Crippen LogP contribution in [0.3, 0.4) is 0 Å². The highest BCUT2D eigenvalue weighted by Gasteiger charge is 2.16. The van der Waals surface area contributed by atoms with Crippen molar-refractivity contribution in [3.63, 3.8) is 0 Å². The topological polar surface area (TPSA) is 78.0 Å². The Morgan fingerprint density at radius 1 is 1.00 bits per heavy atom. The summed E-state index contributed by atoms with van der Waals surface area (Å²) in [6.07, 6.45) is 3.37. The van der Waals surface area contributed by atoms with Gasteiger partial charge in [0.2, 0.25) is 0 Å². The Balaban J connectivity index is 1.94. The molecular weight excluding hydrogens is 552 g/mol. The van der Waals surface area contributed by atoms with Crippen LogP contribution >= 0.6 is 45.8 Å². The quantitative estimate of drug-likeness (QED) is 0.164. The predicted molar refractivity (Wildman–Crippen MR) is 132 cm³/mol. The molecule has 0 saturated carbocycles. The van der Waals surface area contributed by atoms with E-state index in [1.807, 2.05) is 6.07 Å². The van der Waals surface area contributed by atoms with E-state index in [9.17, 15) is 14.9 Å². The van der Waals surface area contributed by atoms with E-state index in [2.05, 4.69) is 27.6 Å². The summed E-state index contributed by atoms with van der Waals surface area (Å²) in [7, 11) is 0. The number of halogens is 3. The molecule has 0 unspecified atom stereocenters. The van der Waals surface area contributed by atoms with Crippen molar-refractivity contribution in [1.82, 2.24) is 9.55 Å². The van der Waals surface area contributed by atoms with E-state index >= 15 is 0 Å². The fraction of sp³-hybridized carbons (Fsp3) is 0. The number of aromatic nitrogens is 2. The maximum Gasteiger partial charge on any atom is 0.269 e. The molecule has 0 fully saturated rings. The molecule has 4 rings (SSSR count). The van der Waals surface area contributed by atoms with Gasteiger partial charge in [-0.05, 0) is 76.7 Å². The van der Waals surface area contributed by atoms with E-state index in [0.717, 1.165) is 3.57 Å². The molecule has 0 aliphatic heterocycles. The molecule has 0 atom stereocenters. The summed E-state index contributed by atoms with van der Waals surface area (Å²) in [5, 5.41) is 11.9. The Bertz CT molecular complexity index is 1400. The Morgan fingerprint density at radius 3 is 2.32 bits per heavy atom. The highest BCUT2D eigenvalue weighted by Crippen LogP contribution is 2.29. The number of hydrogen-bond acceptors (Lipinski definition) is 4. The lowest BCUT2D eigenvalue weighted by atomic mass is 10.2. The first-order chi connectivity index (χ1) is 14.8. The molecular formula is C22H12Cl2IN3O3. The number of nitro groups is 1. The minimum atomic E-state index is -0.461. The van der Waals surface area contributed by atoms with Gasteiger partial charge in [0, 0.05) is 15.7 Å². The number of nitrogens with zero attached hydrogens (tertiary/aromatic N) is 3. The minimum absolute atomic E-state index is 0.00431. The van der Waals surface area contributed by atoms with Crippen LogP contribution < -0.4 is 5.56 Å². The van der Waals surface area contributed by atoms with Crippen LogP contribution in [0.4, 0.5) is 5.69 Å². The van der Waals surface area contributed by atoms with Gasteiger partial charge in [0.15, 0.2) is 0 Å². The van der Waals surface area contributed by atoms with Crippen LogP contribution in [-0.4, -0.2) is 14.5 Å². The summed E-state index contributed by atoms with van der Waals surface area (Å²) in [6.45, 7) is 0. The lowest BCUT2D eigenvalue weighted by molar-refractivity contribution is -0.384. The molecule has 0 N–H and O–H groups in total. The highest BCUT2D eigenvalue weighted by atomic mass is 127. The number of nitro benzene ring substituents is 1. The predicted octanol–water partition coefficient (Wildman–Crippen LogP) is 6.38. The average molecular weight is 564 g/mol. The van der Waals surface area contributed by atoms with Crippen LogP contribution in [0.2, 0.25) is 10.0 Å². The van der Waals surface area contributed by atoms with Crippen LogP contribution in [0.5, 0.6) is 0 Å². The number of fused-ring (bicyclic) bond motifs is 1. The number of hydrogen-bond donors (Lipinski definition) is 0. The molecule has 0 aliphatic rings. The van der Waals surface area contributed by atoms with E-state index in [1.165, 1.54) is 16.7 Å². The molecule has 1 heterocycles. The molecule has 0 spiro atoms. The zero-order chi connectivity index (χ0) is 22.1. The highest BCUT2D eigenvalue weighted by molar-refractivity contribution is 14.1. The van der Waals surface area contributed by atoms with Crippen LogP contribution in [0.15, 0.2) is 65.5 Å². The van der Waals surface area contributed by atoms with Gasteiger partial charge in [-0.1, -0.05) is 35.3 Å². The van der Waals surface area contributed by atoms with Crippen LogP contribution in [0.1, 0.15) is 11.4 Å². The normalized spacial score (nSPS) is 11.3. The van der Waals surface area contributed by atoms with Crippen LogP contribution in [-0.2, 0) is 0 Å². The van der Waals surface area contributed by atoms with Gasteiger partial charge in [0.05, 0.1) is 31.6 Å². The largest absolute Gasteiger partial charge is 0.269 e. The van der Waals surface area contributed by atoms with Gasteiger partial charge in [0.1, 0.15) is 5.82 Å². The Kier molecular flexibility index (Phi) is 6.08. The Morgan fingerprint density at radius 2 is 1.68 bits per heavy atom. The molecule has 0 aliphatic carbocycles. The lowest BCUT2D eigenvalue weighted by Crippen LogP contribution is -2.23. The first kappa shape index (κ1) is 21.5. The second-order valence-electron chi connectivity index (χ2n) is 6.52. The Hall–Kier alpha value is -2.75. The smallest absolute Gasteiger partial charge is 0.268 e. The average Bonchev–Trinajstić information content (AvgIpc) is 2.74. The SMILES string of the molecule is O=c1c2cc(I)ccc2nc(C=Cc2ccc([N+](=O)[O-])cc2)n1-c1c(Cl)cccc1Cl. The molecule has 154 valence electrons. The summed E-state index contributed by atoms with van der Waals surface area (Å²) in [5.41, 5.74) is 1.28. The van der Waals surface area contributed by atoms with Gasteiger partial charge in [0.25, 0.3) is 11.2 Å². The first-order valence-corrected chi connectivity index (χ1v) is 10.8. The van der Waals surface area contributed by atoms with Crippen molar-refractivity contribution in [1.29, 1.82) is 0 Å². The Labute approximate surface area is 200 Å². The van der Waals surface area contributed by atoms with Gasteiger partial charge in [-0.15, -0.1) is 0 Å². The summed E-state index contributed by atoms with van der Waals surface area (Å²) in [6, 6.07) is 16.5. The van der Waals surface area contributed by atoms with E-state index in [-0.39, 0.29) is 11.2 Å². The molecule has 0 bridgehead atoms. The monoisotopic (exact) mass is 563 g/mol. The summed E-state index contributed by atoms with van der Waals surface area (Å²) < 4.78 is 2.28. The van der Waals surface area contributed by atoms with E-state index in [1.54, 1.807) is 54.6 Å². The van der Waals surface area contributed by atoms with Crippen molar-refractivity contribution < 1.29 is 4.92 Å². The lowest BCUT2D eigenvalue weighted by Gasteiger charge is -2.14. The van der Waals surface area contributed by atoms with Gasteiger partial charge in [-0.25, -0.2) is 4.98 Å². The number of non-ortho nitro benzene ring substituents is 1. The van der Waals surface area contributed by atoms with Gasteiger partial charge in [-0.3, -0.25) is 19.5 Å². The van der Waals surface area contributed by atoms with Crippen molar-refractivity contribution >= 4 is 74.5 Å². The van der Waals surface area contributed by atoms with Crippen molar-refractivity contribution in [3.05, 3.63) is 106 Å². The third-order valence-corrected chi connectivity index (χ3v) is 5.83. The van der Waals surface area contributed by atoms with Gasteiger partial charge >= 0.3 is 0 Å². The van der Waals surface area contributed by atoms with E-state index in [4.69, 9.17) is 23.2 Å². The zero-order valence-electron chi connectivity index (χ0n) is 15.6.